The van der Waals surface area contributed by atoms with Gasteiger partial charge in [-0.25, -0.2) is 18.4 Å². The average Bonchev–Trinajstić information content (AvgIpc) is 2.81. The Morgan fingerprint density at radius 3 is 2.30 bits per heavy atom. The molecular formula is C27H28ClF2N5O5. The van der Waals surface area contributed by atoms with E-state index < -0.39 is 41.6 Å². The number of imide groups is 1. The van der Waals surface area contributed by atoms with Crippen molar-refractivity contribution in [2.75, 3.05) is 43.0 Å². The van der Waals surface area contributed by atoms with Crippen LogP contribution in [0.1, 0.15) is 29.9 Å². The molecule has 0 aliphatic carbocycles. The molecule has 3 heterocycles. The Labute approximate surface area is 234 Å². The molecule has 0 bridgehead atoms. The Morgan fingerprint density at radius 2 is 1.73 bits per heavy atom. The number of hydrogen-bond acceptors (Lipinski definition) is 7. The quantitative estimate of drug-likeness (QED) is 0.416. The molecule has 212 valence electrons. The molecule has 3 saturated heterocycles. The standard InChI is InChI=1S/C27H28ClF2N5O5/c1-14-7-15(28)3-5-22(14)33(2)26(38)40-27(39)35(17-10-31-11-17)18-12-34(13-18)16-8-20(29)24(21(30)9-16)19-4-6-23(36)32-25(19)37/h3,5,7-9,17-19,31H,4,6,10-13H2,1-2H3,(H,32,36,37). The van der Waals surface area contributed by atoms with E-state index in [1.165, 1.54) is 16.8 Å². The number of rotatable bonds is 5. The number of benzene rings is 2. The van der Waals surface area contributed by atoms with Crippen LogP contribution in [0.5, 0.6) is 0 Å². The SMILES string of the molecule is Cc1cc(Cl)ccc1N(C)C(=O)OC(=O)N(C1CNC1)C1CN(c2cc(F)c(C3CCC(=O)NC3=O)c(F)c2)C1. The first-order valence-corrected chi connectivity index (χ1v) is 13.2. The van der Waals surface area contributed by atoms with Crippen molar-refractivity contribution in [2.24, 2.45) is 0 Å². The number of nitrogens with one attached hydrogen (secondary N) is 2. The maximum Gasteiger partial charge on any atom is 0.423 e. The molecule has 40 heavy (non-hydrogen) atoms. The van der Waals surface area contributed by atoms with E-state index in [1.54, 1.807) is 30.0 Å². The van der Waals surface area contributed by atoms with Gasteiger partial charge in [-0.05, 0) is 49.2 Å². The Hall–Kier alpha value is -3.77. The van der Waals surface area contributed by atoms with Crippen molar-refractivity contribution in [2.45, 2.75) is 37.8 Å². The predicted molar refractivity (Wildman–Crippen MR) is 142 cm³/mol. The number of hydrogen-bond donors (Lipinski definition) is 2. The van der Waals surface area contributed by atoms with E-state index in [9.17, 15) is 28.0 Å². The van der Waals surface area contributed by atoms with Crippen LogP contribution in [0.2, 0.25) is 5.02 Å². The summed E-state index contributed by atoms with van der Waals surface area (Å²) in [7, 11) is 1.49. The highest BCUT2D eigenvalue weighted by Gasteiger charge is 2.43. The highest BCUT2D eigenvalue weighted by molar-refractivity contribution is 6.30. The second-order valence-corrected chi connectivity index (χ2v) is 10.7. The van der Waals surface area contributed by atoms with Gasteiger partial charge < -0.3 is 15.0 Å². The number of ether oxygens (including phenoxy) is 1. The molecule has 0 spiro atoms. The van der Waals surface area contributed by atoms with Gasteiger partial charge in [0, 0.05) is 61.6 Å². The molecule has 2 aromatic carbocycles. The van der Waals surface area contributed by atoms with Crippen molar-refractivity contribution in [1.82, 2.24) is 15.5 Å². The minimum Gasteiger partial charge on any atom is -0.367 e. The van der Waals surface area contributed by atoms with Crippen LogP contribution >= 0.6 is 11.6 Å². The van der Waals surface area contributed by atoms with Crippen molar-refractivity contribution in [3.8, 4) is 0 Å². The molecule has 1 unspecified atom stereocenters. The lowest BCUT2D eigenvalue weighted by molar-refractivity contribution is -0.134. The van der Waals surface area contributed by atoms with Gasteiger partial charge in [-0.3, -0.25) is 24.7 Å². The maximum absolute atomic E-state index is 15.0. The summed E-state index contributed by atoms with van der Waals surface area (Å²) in [5.74, 6) is -4.03. The van der Waals surface area contributed by atoms with Gasteiger partial charge in [0.05, 0.1) is 18.0 Å². The van der Waals surface area contributed by atoms with E-state index in [2.05, 4.69) is 10.6 Å². The molecule has 0 radical (unpaired) electrons. The Bertz CT molecular complexity index is 1360. The first-order chi connectivity index (χ1) is 19.0. The van der Waals surface area contributed by atoms with E-state index in [0.29, 0.717) is 23.8 Å². The minimum atomic E-state index is -1.08. The lowest BCUT2D eigenvalue weighted by Gasteiger charge is -2.50. The van der Waals surface area contributed by atoms with Crippen LogP contribution in [0.4, 0.5) is 29.7 Å². The van der Waals surface area contributed by atoms with Crippen LogP contribution in [0, 0.1) is 18.6 Å². The number of piperidine rings is 1. The van der Waals surface area contributed by atoms with Crippen molar-refractivity contribution in [1.29, 1.82) is 0 Å². The molecule has 0 saturated carbocycles. The molecule has 5 rings (SSSR count). The van der Waals surface area contributed by atoms with Gasteiger partial charge in [0.25, 0.3) is 0 Å². The normalized spacial score (nSPS) is 19.4. The van der Waals surface area contributed by atoms with Gasteiger partial charge in [0.2, 0.25) is 11.8 Å². The molecule has 2 aromatic rings. The number of nitrogens with zero attached hydrogens (tertiary/aromatic N) is 3. The third-order valence-electron chi connectivity index (χ3n) is 7.61. The Morgan fingerprint density at radius 1 is 1.05 bits per heavy atom. The Balaban J connectivity index is 1.25. The molecule has 1 atom stereocenters. The minimum absolute atomic E-state index is 0.00437. The summed E-state index contributed by atoms with van der Waals surface area (Å²) >= 11 is 5.99. The van der Waals surface area contributed by atoms with Crippen LogP contribution in [0.3, 0.4) is 0 Å². The molecule has 4 amide bonds. The van der Waals surface area contributed by atoms with E-state index in [-0.39, 0.29) is 49.3 Å². The van der Waals surface area contributed by atoms with Gasteiger partial charge >= 0.3 is 12.2 Å². The molecule has 3 fully saturated rings. The van der Waals surface area contributed by atoms with Crippen LogP contribution in [0.15, 0.2) is 30.3 Å². The topological polar surface area (TPSA) is 111 Å². The zero-order valence-corrected chi connectivity index (χ0v) is 22.6. The zero-order chi connectivity index (χ0) is 28.7. The highest BCUT2D eigenvalue weighted by atomic mass is 35.5. The van der Waals surface area contributed by atoms with Crippen LogP contribution in [-0.4, -0.2) is 74.2 Å². The van der Waals surface area contributed by atoms with Crippen LogP contribution in [0.25, 0.3) is 0 Å². The molecular weight excluding hydrogens is 548 g/mol. The monoisotopic (exact) mass is 575 g/mol. The number of amides is 4. The number of halogens is 3. The lowest BCUT2D eigenvalue weighted by atomic mass is 9.89. The summed E-state index contributed by atoms with van der Waals surface area (Å²) < 4.78 is 35.2. The second-order valence-electron chi connectivity index (χ2n) is 10.2. The molecule has 3 aliphatic heterocycles. The number of anilines is 2. The van der Waals surface area contributed by atoms with Crippen LogP contribution < -0.4 is 20.4 Å². The third kappa shape index (κ3) is 5.33. The number of aryl methyl sites for hydroxylation is 1. The summed E-state index contributed by atoms with van der Waals surface area (Å²) in [6.45, 7) is 3.36. The summed E-state index contributed by atoms with van der Waals surface area (Å²) in [4.78, 5) is 53.9. The number of carbonyl (C=O) groups excluding carboxylic acids is 4. The highest BCUT2D eigenvalue weighted by Crippen LogP contribution is 2.34. The van der Waals surface area contributed by atoms with Gasteiger partial charge in [-0.1, -0.05) is 11.6 Å². The average molecular weight is 576 g/mol. The van der Waals surface area contributed by atoms with Crippen molar-refractivity contribution in [3.05, 3.63) is 58.1 Å². The Kier molecular flexibility index (Phi) is 7.65. The smallest absolute Gasteiger partial charge is 0.367 e. The first-order valence-electron chi connectivity index (χ1n) is 12.9. The fraction of sp³-hybridized carbons (Fsp3) is 0.407. The van der Waals surface area contributed by atoms with Crippen molar-refractivity contribution in [3.63, 3.8) is 0 Å². The fourth-order valence-corrected chi connectivity index (χ4v) is 5.48. The third-order valence-corrected chi connectivity index (χ3v) is 7.84. The maximum atomic E-state index is 15.0. The summed E-state index contributed by atoms with van der Waals surface area (Å²) in [5, 5.41) is 5.73. The van der Waals surface area contributed by atoms with Crippen molar-refractivity contribution >= 4 is 47.0 Å². The fourth-order valence-electron chi connectivity index (χ4n) is 5.25. The van der Waals surface area contributed by atoms with E-state index >= 15 is 0 Å². The van der Waals surface area contributed by atoms with E-state index in [0.717, 1.165) is 17.7 Å². The second kappa shape index (κ2) is 11.0. The van der Waals surface area contributed by atoms with Crippen LogP contribution in [-0.2, 0) is 14.3 Å². The van der Waals surface area contributed by atoms with E-state index in [1.807, 2.05) is 0 Å². The first kappa shape index (κ1) is 27.8. The summed E-state index contributed by atoms with van der Waals surface area (Å²) in [5.41, 5.74) is 1.17. The van der Waals surface area contributed by atoms with Crippen molar-refractivity contribution < 1.29 is 32.7 Å². The molecule has 13 heteroatoms. The molecule has 10 nitrogen and oxygen atoms in total. The molecule has 3 aliphatic rings. The lowest BCUT2D eigenvalue weighted by Crippen LogP contribution is -2.69. The summed E-state index contributed by atoms with van der Waals surface area (Å²) in [6.07, 6.45) is -1.62. The van der Waals surface area contributed by atoms with Gasteiger partial charge in [0.15, 0.2) is 0 Å². The van der Waals surface area contributed by atoms with Gasteiger partial charge in [-0.2, -0.15) is 0 Å². The predicted octanol–water partition coefficient (Wildman–Crippen LogP) is 3.30. The van der Waals surface area contributed by atoms with Gasteiger partial charge in [-0.15, -0.1) is 0 Å². The number of carbonyl (C=O) groups is 4. The van der Waals surface area contributed by atoms with E-state index in [4.69, 9.17) is 16.3 Å². The van der Waals surface area contributed by atoms with Gasteiger partial charge in [0.1, 0.15) is 11.6 Å². The summed E-state index contributed by atoms with van der Waals surface area (Å²) in [6, 6.07) is 6.74. The molecule has 2 N–H and O–H groups in total. The zero-order valence-electron chi connectivity index (χ0n) is 21.9. The molecule has 0 aromatic heterocycles. The largest absolute Gasteiger partial charge is 0.423 e.